The van der Waals surface area contributed by atoms with E-state index in [1.54, 1.807) is 30.1 Å². The summed E-state index contributed by atoms with van der Waals surface area (Å²) >= 11 is 0. The Morgan fingerprint density at radius 1 is 1.04 bits per heavy atom. The fourth-order valence-corrected chi connectivity index (χ4v) is 7.27. The van der Waals surface area contributed by atoms with Crippen LogP contribution in [0.25, 0.3) is 0 Å². The molecular weight excluding hydrogens is 580 g/mol. The molecule has 45 heavy (non-hydrogen) atoms. The van der Waals surface area contributed by atoms with Crippen molar-refractivity contribution in [1.29, 1.82) is 0 Å². The molecule has 3 saturated heterocycles. The summed E-state index contributed by atoms with van der Waals surface area (Å²) in [6.07, 6.45) is 6.85. The lowest BCUT2D eigenvalue weighted by Crippen LogP contribution is -2.58. The molecule has 0 radical (unpaired) electrons. The van der Waals surface area contributed by atoms with E-state index in [1.165, 1.54) is 4.90 Å². The highest BCUT2D eigenvalue weighted by Crippen LogP contribution is 2.53. The minimum absolute atomic E-state index is 0.0624. The smallest absolute Gasteiger partial charge is 0.306 e. The Labute approximate surface area is 262 Å². The van der Waals surface area contributed by atoms with Gasteiger partial charge in [0.15, 0.2) is 0 Å². The number of nitrogens with one attached hydrogen (secondary N) is 1. The van der Waals surface area contributed by atoms with E-state index in [2.05, 4.69) is 10.2 Å². The number of amides is 3. The number of allylic oxidation sites excluding steroid dienone is 1. The first-order valence-electron chi connectivity index (χ1n) is 15.9. The lowest BCUT2D eigenvalue weighted by Gasteiger charge is -2.38. The Morgan fingerprint density at radius 2 is 1.82 bits per heavy atom. The molecule has 0 bridgehead atoms. The molecule has 1 aromatic rings. The van der Waals surface area contributed by atoms with Crippen LogP contribution < -0.4 is 5.32 Å². The molecule has 1 aromatic carbocycles. The van der Waals surface area contributed by atoms with Crippen molar-refractivity contribution in [3.8, 4) is 0 Å². The SMILES string of the molecule is C[C@H](CO)N1C(=O)[C@H]2[C@@H]3C(=O)N[C@@H](c4ccccc4)COC(=O)CC/C=C\[C@@H]3O[C@]23C=CCN(CCN2CCOCC2)C(=O)[C@H]13. The summed E-state index contributed by atoms with van der Waals surface area (Å²) in [5.41, 5.74) is -0.667. The summed E-state index contributed by atoms with van der Waals surface area (Å²) < 4.78 is 17.7. The highest BCUT2D eigenvalue weighted by Gasteiger charge is 2.72. The predicted molar refractivity (Wildman–Crippen MR) is 161 cm³/mol. The van der Waals surface area contributed by atoms with Crippen LogP contribution in [0.1, 0.15) is 31.4 Å². The molecule has 0 aliphatic carbocycles. The molecular formula is C33H42N4O8. The van der Waals surface area contributed by atoms with Crippen LogP contribution in [0.5, 0.6) is 0 Å². The molecule has 12 heteroatoms. The van der Waals surface area contributed by atoms with E-state index in [0.717, 1.165) is 18.7 Å². The van der Waals surface area contributed by atoms with Gasteiger partial charge < -0.3 is 34.4 Å². The van der Waals surface area contributed by atoms with Gasteiger partial charge in [-0.05, 0) is 18.9 Å². The van der Waals surface area contributed by atoms with Gasteiger partial charge in [-0.1, -0.05) is 54.6 Å². The van der Waals surface area contributed by atoms with Crippen molar-refractivity contribution in [2.45, 2.75) is 49.6 Å². The quantitative estimate of drug-likeness (QED) is 0.342. The van der Waals surface area contributed by atoms with Gasteiger partial charge in [0.2, 0.25) is 17.7 Å². The number of rotatable bonds is 6. The van der Waals surface area contributed by atoms with E-state index in [9.17, 15) is 24.3 Å². The molecule has 0 saturated carbocycles. The molecule has 3 fully saturated rings. The Bertz CT molecular complexity index is 1330. The summed E-state index contributed by atoms with van der Waals surface area (Å²) in [4.78, 5) is 61.0. The maximum Gasteiger partial charge on any atom is 0.306 e. The third-order valence-electron chi connectivity index (χ3n) is 9.62. The van der Waals surface area contributed by atoms with Gasteiger partial charge in [-0.3, -0.25) is 24.1 Å². The maximum atomic E-state index is 14.4. The number of carbonyl (C=O) groups is 4. The normalized spacial score (nSPS) is 34.0. The van der Waals surface area contributed by atoms with Gasteiger partial charge in [0.1, 0.15) is 18.2 Å². The number of benzene rings is 1. The van der Waals surface area contributed by atoms with E-state index < -0.39 is 53.5 Å². The highest BCUT2D eigenvalue weighted by atomic mass is 16.5. The average Bonchev–Trinajstić information content (AvgIpc) is 3.45. The second-order valence-corrected chi connectivity index (χ2v) is 12.4. The summed E-state index contributed by atoms with van der Waals surface area (Å²) in [6.45, 7) is 5.60. The van der Waals surface area contributed by atoms with E-state index in [1.807, 2.05) is 36.4 Å². The number of hydrogen-bond donors (Lipinski definition) is 2. The molecule has 0 unspecified atom stereocenters. The zero-order chi connectivity index (χ0) is 31.6. The molecule has 242 valence electrons. The lowest BCUT2D eigenvalue weighted by molar-refractivity contribution is -0.150. The molecule has 5 heterocycles. The van der Waals surface area contributed by atoms with Gasteiger partial charge in [0, 0.05) is 39.1 Å². The number of likely N-dealkylation sites (tertiary alicyclic amines) is 1. The van der Waals surface area contributed by atoms with Crippen LogP contribution in [0.2, 0.25) is 0 Å². The van der Waals surface area contributed by atoms with E-state index in [0.29, 0.717) is 39.3 Å². The maximum absolute atomic E-state index is 14.4. The van der Waals surface area contributed by atoms with Crippen molar-refractivity contribution in [3.63, 3.8) is 0 Å². The predicted octanol–water partition coefficient (Wildman–Crippen LogP) is 0.429. The van der Waals surface area contributed by atoms with Gasteiger partial charge in [0.25, 0.3) is 0 Å². The Hall–Kier alpha value is -3.58. The molecule has 7 atom stereocenters. The second-order valence-electron chi connectivity index (χ2n) is 12.4. The van der Waals surface area contributed by atoms with Gasteiger partial charge in [0.05, 0.1) is 49.8 Å². The van der Waals surface area contributed by atoms with Gasteiger partial charge in [-0.25, -0.2) is 0 Å². The number of fused-ring (bicyclic) bond motifs is 2. The minimum atomic E-state index is -1.42. The third-order valence-corrected chi connectivity index (χ3v) is 9.62. The highest BCUT2D eigenvalue weighted by molar-refractivity contribution is 6.00. The largest absolute Gasteiger partial charge is 0.463 e. The van der Waals surface area contributed by atoms with Crippen molar-refractivity contribution >= 4 is 23.7 Å². The zero-order valence-electron chi connectivity index (χ0n) is 25.6. The van der Waals surface area contributed by atoms with Crippen molar-refractivity contribution in [1.82, 2.24) is 20.0 Å². The fourth-order valence-electron chi connectivity index (χ4n) is 7.27. The Kier molecular flexibility index (Phi) is 9.36. The van der Waals surface area contributed by atoms with Crippen molar-refractivity contribution in [3.05, 3.63) is 60.2 Å². The van der Waals surface area contributed by atoms with Crippen molar-refractivity contribution in [2.75, 3.05) is 59.2 Å². The van der Waals surface area contributed by atoms with Crippen LogP contribution in [-0.2, 0) is 33.4 Å². The molecule has 6 rings (SSSR count). The van der Waals surface area contributed by atoms with Crippen molar-refractivity contribution < 1.29 is 38.5 Å². The summed E-state index contributed by atoms with van der Waals surface area (Å²) in [6, 6.07) is 6.84. The number of hydrogen-bond acceptors (Lipinski definition) is 9. The molecule has 5 aliphatic heterocycles. The molecule has 0 aromatic heterocycles. The first kappa shape index (κ1) is 31.4. The number of morpholine rings is 1. The van der Waals surface area contributed by atoms with Crippen LogP contribution >= 0.6 is 0 Å². The molecule has 5 aliphatic rings. The van der Waals surface area contributed by atoms with Gasteiger partial charge in [-0.15, -0.1) is 0 Å². The average molecular weight is 623 g/mol. The number of ether oxygens (including phenoxy) is 3. The Morgan fingerprint density at radius 3 is 2.58 bits per heavy atom. The number of carbonyl (C=O) groups excluding carboxylic acids is 4. The molecule has 2 N–H and O–H groups in total. The molecule has 12 nitrogen and oxygen atoms in total. The van der Waals surface area contributed by atoms with E-state index >= 15 is 0 Å². The summed E-state index contributed by atoms with van der Waals surface area (Å²) in [7, 11) is 0. The van der Waals surface area contributed by atoms with Crippen LogP contribution in [0.3, 0.4) is 0 Å². The number of cyclic esters (lactones) is 1. The van der Waals surface area contributed by atoms with Crippen molar-refractivity contribution in [2.24, 2.45) is 11.8 Å². The number of nitrogens with zero attached hydrogens (tertiary/aromatic N) is 3. The standard InChI is InChI=1S/C33H42N4O8/c1-22(20-38)37-29-32(42)36(15-14-35-16-18-43-19-17-35)13-7-12-33(29)28(31(37)41)27-25(45-33)10-5-6-11-26(39)44-21-24(34-30(27)40)23-8-3-2-4-9-23/h2-5,7-10,12,22,24-25,27-29,38H,6,11,13-21H2,1H3,(H,34,40)/b10-5-/t22-,24-,25+,27-,28-,29+,33-/m1/s1. The molecule has 1 spiro atoms. The monoisotopic (exact) mass is 622 g/mol. The minimum Gasteiger partial charge on any atom is -0.463 e. The van der Waals surface area contributed by atoms with Crippen LogP contribution in [-0.4, -0.2) is 126 Å². The second kappa shape index (κ2) is 13.4. The number of aliphatic hydroxyl groups excluding tert-OH is 1. The fraction of sp³-hybridized carbons (Fsp3) is 0.576. The summed E-state index contributed by atoms with van der Waals surface area (Å²) in [5, 5.41) is 13.2. The first-order valence-corrected chi connectivity index (χ1v) is 15.9. The number of aliphatic hydroxyl groups is 1. The number of esters is 1. The molecule has 3 amide bonds. The van der Waals surface area contributed by atoms with E-state index in [-0.39, 0.29) is 31.5 Å². The lowest BCUT2D eigenvalue weighted by atomic mass is 9.77. The van der Waals surface area contributed by atoms with Gasteiger partial charge >= 0.3 is 5.97 Å². The first-order chi connectivity index (χ1) is 21.8. The van der Waals surface area contributed by atoms with Crippen LogP contribution in [0, 0.1) is 11.8 Å². The third kappa shape index (κ3) is 6.04. The van der Waals surface area contributed by atoms with Crippen LogP contribution in [0.15, 0.2) is 54.6 Å². The topological polar surface area (TPSA) is 138 Å². The summed E-state index contributed by atoms with van der Waals surface area (Å²) in [5.74, 6) is -3.46. The van der Waals surface area contributed by atoms with Gasteiger partial charge in [-0.2, -0.15) is 0 Å². The zero-order valence-corrected chi connectivity index (χ0v) is 25.6. The van der Waals surface area contributed by atoms with Crippen LogP contribution in [0.4, 0.5) is 0 Å². The Balaban J connectivity index is 1.35. The van der Waals surface area contributed by atoms with E-state index in [4.69, 9.17) is 14.2 Å².